The van der Waals surface area contributed by atoms with Crippen molar-refractivity contribution in [2.24, 2.45) is 5.92 Å². The van der Waals surface area contributed by atoms with E-state index in [2.05, 4.69) is 4.74 Å². The van der Waals surface area contributed by atoms with Gasteiger partial charge in [-0.05, 0) is 19.4 Å². The van der Waals surface area contributed by atoms with Crippen LogP contribution in [0.15, 0.2) is 30.3 Å². The first-order valence-electron chi connectivity index (χ1n) is 6.89. The first kappa shape index (κ1) is 18.2. The maximum absolute atomic E-state index is 12.2. The first-order valence-corrected chi connectivity index (χ1v) is 8.43. The highest BCUT2D eigenvalue weighted by Gasteiger charge is 2.33. The van der Waals surface area contributed by atoms with Crippen molar-refractivity contribution in [3.05, 3.63) is 35.9 Å². The summed E-state index contributed by atoms with van der Waals surface area (Å²) in [4.78, 5) is 23.6. The summed E-state index contributed by atoms with van der Waals surface area (Å²) in [6.07, 6.45) is 0. The Balaban J connectivity index is 2.84. The number of ether oxygens (including phenoxy) is 1. The number of sulfonamides is 1. The van der Waals surface area contributed by atoms with Crippen molar-refractivity contribution in [3.8, 4) is 0 Å². The molecular formula is C15H21NO5S. The molecule has 0 aliphatic rings. The Bertz CT molecular complexity index is 627. The lowest BCUT2D eigenvalue weighted by atomic mass is 10.0. The third-order valence-corrected chi connectivity index (χ3v) is 5.58. The van der Waals surface area contributed by atoms with Crippen LogP contribution in [-0.4, -0.2) is 32.7 Å². The van der Waals surface area contributed by atoms with Crippen molar-refractivity contribution < 1.29 is 22.7 Å². The Morgan fingerprint density at radius 2 is 1.64 bits per heavy atom. The lowest BCUT2D eigenvalue weighted by molar-refractivity contribution is -0.144. The Morgan fingerprint density at radius 1 is 1.09 bits per heavy atom. The zero-order chi connectivity index (χ0) is 16.9. The third-order valence-electron chi connectivity index (χ3n) is 3.70. The quantitative estimate of drug-likeness (QED) is 0.798. The Kier molecular flexibility index (Phi) is 6.11. The molecule has 1 aromatic carbocycles. The Morgan fingerprint density at radius 3 is 2.14 bits per heavy atom. The van der Waals surface area contributed by atoms with Gasteiger partial charge in [0.25, 0.3) is 0 Å². The molecule has 0 aliphatic heterocycles. The second-order valence-corrected chi connectivity index (χ2v) is 7.20. The number of esters is 1. The molecule has 1 rings (SSSR count). The summed E-state index contributed by atoms with van der Waals surface area (Å²) in [5, 5.41) is -1.08. The van der Waals surface area contributed by atoms with E-state index in [-0.39, 0.29) is 0 Å². The second-order valence-electron chi connectivity index (χ2n) is 5.16. The van der Waals surface area contributed by atoms with Crippen LogP contribution in [0.1, 0.15) is 32.3 Å². The maximum Gasteiger partial charge on any atom is 0.309 e. The number of carbonyl (C=O) groups is 2. The molecule has 0 saturated heterocycles. The number of hydrogen-bond donors (Lipinski definition) is 1. The predicted octanol–water partition coefficient (Wildman–Crippen LogP) is 1.43. The molecule has 0 fully saturated rings. The number of benzene rings is 1. The maximum atomic E-state index is 12.2. The average molecular weight is 327 g/mol. The summed E-state index contributed by atoms with van der Waals surface area (Å²) < 4.78 is 31.0. The highest BCUT2D eigenvalue weighted by Crippen LogP contribution is 2.17. The molecule has 1 N–H and O–H groups in total. The predicted molar refractivity (Wildman–Crippen MR) is 82.6 cm³/mol. The van der Waals surface area contributed by atoms with Crippen LogP contribution in [0.25, 0.3) is 0 Å². The molecular weight excluding hydrogens is 306 g/mol. The molecule has 3 atom stereocenters. The van der Waals surface area contributed by atoms with Crippen molar-refractivity contribution in [3.63, 3.8) is 0 Å². The number of amides is 1. The minimum Gasteiger partial charge on any atom is -0.469 e. The number of methoxy groups -OCH3 is 1. The van der Waals surface area contributed by atoms with Crippen molar-refractivity contribution in [1.82, 2.24) is 4.72 Å². The van der Waals surface area contributed by atoms with E-state index in [0.717, 1.165) is 0 Å². The van der Waals surface area contributed by atoms with Gasteiger partial charge in [0, 0.05) is 0 Å². The fourth-order valence-corrected chi connectivity index (χ4v) is 3.15. The zero-order valence-corrected chi connectivity index (χ0v) is 13.9. The zero-order valence-electron chi connectivity index (χ0n) is 13.1. The fourth-order valence-electron chi connectivity index (χ4n) is 1.86. The van der Waals surface area contributed by atoms with Crippen molar-refractivity contribution in [2.75, 3.05) is 7.11 Å². The summed E-state index contributed by atoms with van der Waals surface area (Å²) in [5.41, 5.74) is 0.712. The minimum absolute atomic E-state index is 0.614. The third kappa shape index (κ3) is 4.30. The van der Waals surface area contributed by atoms with Crippen LogP contribution < -0.4 is 4.72 Å². The monoisotopic (exact) mass is 327 g/mol. The van der Waals surface area contributed by atoms with Gasteiger partial charge >= 0.3 is 5.97 Å². The number of carbonyl (C=O) groups excluding carboxylic acids is 2. The highest BCUT2D eigenvalue weighted by atomic mass is 32.2. The summed E-state index contributed by atoms with van der Waals surface area (Å²) in [7, 11) is -2.78. The molecule has 122 valence electrons. The van der Waals surface area contributed by atoms with Crippen LogP contribution in [0.2, 0.25) is 0 Å². The molecule has 7 heteroatoms. The molecule has 1 aromatic rings. The van der Waals surface area contributed by atoms with Gasteiger partial charge in [-0.15, -0.1) is 0 Å². The standard InChI is InChI=1S/C15H21NO5S/c1-10(15(18)21-4)12(3)22(19,20)16-14(17)11(2)13-8-6-5-7-9-13/h5-12H,1-4H3,(H,16,17)/t10-,11-,12-/m1/s1. The molecule has 6 nitrogen and oxygen atoms in total. The average Bonchev–Trinajstić information content (AvgIpc) is 2.52. The van der Waals surface area contributed by atoms with Crippen LogP contribution in [0, 0.1) is 5.92 Å². The van der Waals surface area contributed by atoms with E-state index in [1.807, 2.05) is 10.8 Å². The van der Waals surface area contributed by atoms with Crippen LogP contribution in [0.4, 0.5) is 0 Å². The van der Waals surface area contributed by atoms with Crippen molar-refractivity contribution in [1.29, 1.82) is 0 Å². The molecule has 0 aliphatic carbocycles. The first-order chi connectivity index (χ1) is 10.2. The smallest absolute Gasteiger partial charge is 0.309 e. The second kappa shape index (κ2) is 7.40. The van der Waals surface area contributed by atoms with Gasteiger partial charge in [0.15, 0.2) is 0 Å². The van der Waals surface area contributed by atoms with Gasteiger partial charge in [0.1, 0.15) is 0 Å². The van der Waals surface area contributed by atoms with E-state index >= 15 is 0 Å². The van der Waals surface area contributed by atoms with Crippen LogP contribution in [0.3, 0.4) is 0 Å². The van der Waals surface area contributed by atoms with E-state index in [1.165, 1.54) is 21.0 Å². The number of nitrogens with one attached hydrogen (secondary N) is 1. The van der Waals surface area contributed by atoms with E-state index in [9.17, 15) is 18.0 Å². The van der Waals surface area contributed by atoms with Gasteiger partial charge in [-0.25, -0.2) is 8.42 Å². The number of hydrogen-bond acceptors (Lipinski definition) is 5. The van der Waals surface area contributed by atoms with E-state index in [4.69, 9.17) is 0 Å². The molecule has 0 spiro atoms. The molecule has 0 saturated carbocycles. The summed E-state index contributed by atoms with van der Waals surface area (Å²) in [6.45, 7) is 4.43. The normalized spacial score (nSPS) is 15.5. The van der Waals surface area contributed by atoms with Crippen molar-refractivity contribution in [2.45, 2.75) is 31.9 Å². The summed E-state index contributed by atoms with van der Waals surface area (Å²) >= 11 is 0. The van der Waals surface area contributed by atoms with Gasteiger partial charge in [0.05, 0.1) is 24.2 Å². The van der Waals surface area contributed by atoms with Gasteiger partial charge < -0.3 is 4.74 Å². The topological polar surface area (TPSA) is 89.5 Å². The van der Waals surface area contributed by atoms with E-state index in [1.54, 1.807) is 31.2 Å². The van der Waals surface area contributed by atoms with E-state index in [0.29, 0.717) is 5.56 Å². The molecule has 22 heavy (non-hydrogen) atoms. The Hall–Kier alpha value is -1.89. The molecule has 1 amide bonds. The molecule has 0 aromatic heterocycles. The SMILES string of the molecule is COC(=O)[C@H](C)[C@@H](C)S(=O)(=O)NC(=O)[C@H](C)c1ccccc1. The lowest BCUT2D eigenvalue weighted by Gasteiger charge is -2.20. The van der Waals surface area contributed by atoms with Gasteiger partial charge in [-0.3, -0.25) is 14.3 Å². The van der Waals surface area contributed by atoms with Crippen LogP contribution >= 0.6 is 0 Å². The highest BCUT2D eigenvalue weighted by molar-refractivity contribution is 7.90. The lowest BCUT2D eigenvalue weighted by Crippen LogP contribution is -2.43. The number of rotatable bonds is 6. The van der Waals surface area contributed by atoms with E-state index < -0.39 is 39.0 Å². The Labute approximate surface area is 130 Å². The minimum atomic E-state index is -3.97. The van der Waals surface area contributed by atoms with Crippen LogP contribution in [0.5, 0.6) is 0 Å². The largest absolute Gasteiger partial charge is 0.469 e. The summed E-state index contributed by atoms with van der Waals surface area (Å²) in [5.74, 6) is -2.75. The summed E-state index contributed by atoms with van der Waals surface area (Å²) in [6, 6.07) is 8.85. The van der Waals surface area contributed by atoms with Crippen LogP contribution in [-0.2, 0) is 24.3 Å². The molecule has 0 heterocycles. The van der Waals surface area contributed by atoms with Gasteiger partial charge in [0.2, 0.25) is 15.9 Å². The van der Waals surface area contributed by atoms with Gasteiger partial charge in [-0.1, -0.05) is 37.3 Å². The van der Waals surface area contributed by atoms with Crippen molar-refractivity contribution >= 4 is 21.9 Å². The fraction of sp³-hybridized carbons (Fsp3) is 0.467. The molecule has 0 radical (unpaired) electrons. The molecule has 0 bridgehead atoms. The van der Waals surface area contributed by atoms with Gasteiger partial charge in [-0.2, -0.15) is 0 Å². The molecule has 0 unspecified atom stereocenters.